The molecule has 0 saturated carbocycles. The van der Waals surface area contributed by atoms with Crippen LogP contribution in [0.4, 0.5) is 0 Å². The Kier molecular flexibility index (Phi) is 2.07. The lowest BCUT2D eigenvalue weighted by Gasteiger charge is -2.00. The van der Waals surface area contributed by atoms with Crippen molar-refractivity contribution in [1.82, 2.24) is 9.97 Å². The largest absolute Gasteiger partial charge is 0.345 e. The maximum absolute atomic E-state index is 11.0. The summed E-state index contributed by atoms with van der Waals surface area (Å²) in [6, 6.07) is 5.81. The molecule has 0 aliphatic rings. The minimum absolute atomic E-state index is 0.286. The first-order valence-electron chi connectivity index (χ1n) is 3.83. The van der Waals surface area contributed by atoms with E-state index in [1.165, 1.54) is 0 Å². The Bertz CT molecular complexity index is 518. The van der Waals surface area contributed by atoms with Crippen molar-refractivity contribution in [3.8, 4) is 0 Å². The molecule has 1 N–H and O–H groups in total. The molecule has 2 rings (SSSR count). The van der Waals surface area contributed by atoms with Gasteiger partial charge in [-0.05, 0) is 47.7 Å². The van der Waals surface area contributed by atoms with E-state index in [0.29, 0.717) is 0 Å². The maximum atomic E-state index is 11.0. The van der Waals surface area contributed by atoms with E-state index in [0.717, 1.165) is 20.2 Å². The number of benzene rings is 1. The summed E-state index contributed by atoms with van der Waals surface area (Å²) in [5, 5.41) is 1.01. The molecule has 0 saturated heterocycles. The second-order valence-electron chi connectivity index (χ2n) is 2.83. The molecular weight excluding hydrogens is 279 g/mol. The molecule has 3 nitrogen and oxygen atoms in total. The summed E-state index contributed by atoms with van der Waals surface area (Å²) in [4.78, 5) is 17.6. The number of H-pyrrole nitrogens is 1. The molecule has 0 unspecified atom stereocenters. The van der Waals surface area contributed by atoms with Gasteiger partial charge in [0.05, 0.1) is 5.52 Å². The highest BCUT2D eigenvalue weighted by Gasteiger charge is 2.00. The molecule has 0 bridgehead atoms. The standard InChI is InChI=1S/C9H7IN2O/c1-5-7-4-6(10)2-3-8(7)12-9(13)11-5/h2-4H,1H3,(H,11,12,13). The van der Waals surface area contributed by atoms with E-state index >= 15 is 0 Å². The zero-order chi connectivity index (χ0) is 9.42. The maximum Gasteiger partial charge on any atom is 0.345 e. The molecule has 0 fully saturated rings. The molecule has 0 spiro atoms. The third-order valence-electron chi connectivity index (χ3n) is 1.88. The van der Waals surface area contributed by atoms with E-state index in [9.17, 15) is 4.79 Å². The number of fused-ring (bicyclic) bond motifs is 1. The lowest BCUT2D eigenvalue weighted by atomic mass is 10.2. The molecule has 0 atom stereocenters. The van der Waals surface area contributed by atoms with Crippen LogP contribution >= 0.6 is 22.6 Å². The van der Waals surface area contributed by atoms with Crippen LogP contribution in [0.15, 0.2) is 23.0 Å². The second-order valence-corrected chi connectivity index (χ2v) is 4.07. The van der Waals surface area contributed by atoms with Crippen molar-refractivity contribution >= 4 is 33.5 Å². The number of nitrogens with zero attached hydrogens (tertiary/aromatic N) is 1. The van der Waals surface area contributed by atoms with Crippen LogP contribution in [-0.4, -0.2) is 9.97 Å². The first-order chi connectivity index (χ1) is 6.16. The smallest absolute Gasteiger partial charge is 0.309 e. The van der Waals surface area contributed by atoms with Crippen LogP contribution in [0.1, 0.15) is 5.69 Å². The SMILES string of the molecule is Cc1[nH]c(=O)nc2ccc(I)cc12. The fourth-order valence-electron chi connectivity index (χ4n) is 1.27. The lowest BCUT2D eigenvalue weighted by molar-refractivity contribution is 1.07. The number of rotatable bonds is 0. The van der Waals surface area contributed by atoms with E-state index < -0.39 is 0 Å². The highest BCUT2D eigenvalue weighted by molar-refractivity contribution is 14.1. The van der Waals surface area contributed by atoms with Crippen LogP contribution in [0.2, 0.25) is 0 Å². The van der Waals surface area contributed by atoms with Gasteiger partial charge in [0, 0.05) is 14.7 Å². The van der Waals surface area contributed by atoms with Gasteiger partial charge in [-0.2, -0.15) is 4.98 Å². The third kappa shape index (κ3) is 1.58. The first kappa shape index (κ1) is 8.68. The number of hydrogen-bond donors (Lipinski definition) is 1. The molecule has 66 valence electrons. The average molecular weight is 286 g/mol. The number of hydrogen-bond acceptors (Lipinski definition) is 2. The fraction of sp³-hybridized carbons (Fsp3) is 0.111. The van der Waals surface area contributed by atoms with Gasteiger partial charge in [0.2, 0.25) is 0 Å². The molecule has 4 heteroatoms. The highest BCUT2D eigenvalue weighted by atomic mass is 127. The van der Waals surface area contributed by atoms with Crippen LogP contribution in [0.5, 0.6) is 0 Å². The molecule has 0 radical (unpaired) electrons. The Morgan fingerprint density at radius 1 is 1.46 bits per heavy atom. The summed E-state index contributed by atoms with van der Waals surface area (Å²) >= 11 is 2.23. The third-order valence-corrected chi connectivity index (χ3v) is 2.55. The normalized spacial score (nSPS) is 10.6. The zero-order valence-electron chi connectivity index (χ0n) is 6.97. The van der Waals surface area contributed by atoms with Gasteiger partial charge < -0.3 is 4.98 Å². The molecule has 0 aliphatic heterocycles. The molecule has 1 aromatic heterocycles. The van der Waals surface area contributed by atoms with Crippen molar-refractivity contribution in [2.24, 2.45) is 0 Å². The van der Waals surface area contributed by atoms with Gasteiger partial charge in [-0.3, -0.25) is 0 Å². The first-order valence-corrected chi connectivity index (χ1v) is 4.91. The number of aromatic amines is 1. The second kappa shape index (κ2) is 3.10. The van der Waals surface area contributed by atoms with Gasteiger partial charge in [0.25, 0.3) is 0 Å². The summed E-state index contributed by atoms with van der Waals surface area (Å²) in [5.74, 6) is 0. The van der Waals surface area contributed by atoms with Crippen LogP contribution in [0, 0.1) is 10.5 Å². The summed E-state index contributed by atoms with van der Waals surface area (Å²) in [5.41, 5.74) is 1.33. The Labute approximate surface area is 88.3 Å². The van der Waals surface area contributed by atoms with Crippen LogP contribution < -0.4 is 5.69 Å². The quantitative estimate of drug-likeness (QED) is 0.751. The molecule has 0 aliphatic carbocycles. The minimum Gasteiger partial charge on any atom is -0.309 e. The molecule has 2 aromatic rings. The molecule has 13 heavy (non-hydrogen) atoms. The van der Waals surface area contributed by atoms with Gasteiger partial charge in [0.15, 0.2) is 0 Å². The van der Waals surface area contributed by atoms with Gasteiger partial charge >= 0.3 is 5.69 Å². The predicted molar refractivity (Wildman–Crippen MR) is 59.8 cm³/mol. The van der Waals surface area contributed by atoms with Crippen molar-refractivity contribution in [3.63, 3.8) is 0 Å². The number of aryl methyl sites for hydroxylation is 1. The van der Waals surface area contributed by atoms with Crippen molar-refractivity contribution in [2.75, 3.05) is 0 Å². The van der Waals surface area contributed by atoms with Gasteiger partial charge in [-0.15, -0.1) is 0 Å². The monoisotopic (exact) mass is 286 g/mol. The topological polar surface area (TPSA) is 45.8 Å². The van der Waals surface area contributed by atoms with Gasteiger partial charge in [-0.1, -0.05) is 0 Å². The Morgan fingerprint density at radius 3 is 3.00 bits per heavy atom. The van der Waals surface area contributed by atoms with E-state index in [4.69, 9.17) is 0 Å². The van der Waals surface area contributed by atoms with Gasteiger partial charge in [-0.25, -0.2) is 4.79 Å². The number of nitrogens with one attached hydrogen (secondary N) is 1. The summed E-state index contributed by atoms with van der Waals surface area (Å²) in [6.07, 6.45) is 0. The van der Waals surface area contributed by atoms with Crippen LogP contribution in [0.3, 0.4) is 0 Å². The summed E-state index contributed by atoms with van der Waals surface area (Å²) < 4.78 is 1.14. The molecule has 1 aromatic carbocycles. The average Bonchev–Trinajstić information content (AvgIpc) is 2.06. The Balaban J connectivity index is 2.95. The minimum atomic E-state index is -0.286. The predicted octanol–water partition coefficient (Wildman–Crippen LogP) is 1.84. The van der Waals surface area contributed by atoms with E-state index in [2.05, 4.69) is 32.6 Å². The summed E-state index contributed by atoms with van der Waals surface area (Å²) in [6.45, 7) is 1.88. The van der Waals surface area contributed by atoms with Crippen LogP contribution in [-0.2, 0) is 0 Å². The molecular formula is C9H7IN2O. The van der Waals surface area contributed by atoms with E-state index in [-0.39, 0.29) is 5.69 Å². The van der Waals surface area contributed by atoms with Crippen molar-refractivity contribution in [2.45, 2.75) is 6.92 Å². The van der Waals surface area contributed by atoms with E-state index in [1.807, 2.05) is 25.1 Å². The fourth-order valence-corrected chi connectivity index (χ4v) is 1.76. The van der Waals surface area contributed by atoms with Crippen molar-refractivity contribution < 1.29 is 0 Å². The van der Waals surface area contributed by atoms with E-state index in [1.54, 1.807) is 0 Å². The van der Waals surface area contributed by atoms with Crippen LogP contribution in [0.25, 0.3) is 10.9 Å². The Hall–Kier alpha value is -0.910. The lowest BCUT2D eigenvalue weighted by Crippen LogP contribution is -2.11. The highest BCUT2D eigenvalue weighted by Crippen LogP contribution is 2.15. The van der Waals surface area contributed by atoms with Crippen molar-refractivity contribution in [1.29, 1.82) is 0 Å². The molecule has 1 heterocycles. The zero-order valence-corrected chi connectivity index (χ0v) is 9.12. The van der Waals surface area contributed by atoms with Crippen molar-refractivity contribution in [3.05, 3.63) is 37.9 Å². The number of halogens is 1. The molecule has 0 amide bonds. The summed E-state index contributed by atoms with van der Waals surface area (Å²) in [7, 11) is 0. The Morgan fingerprint density at radius 2 is 2.23 bits per heavy atom. The van der Waals surface area contributed by atoms with Gasteiger partial charge in [0.1, 0.15) is 0 Å². The number of aromatic nitrogens is 2.